The number of thioether (sulfide) groups is 1. The Morgan fingerprint density at radius 1 is 0.886 bits per heavy atom. The van der Waals surface area contributed by atoms with Gasteiger partial charge in [0.1, 0.15) is 0 Å². The van der Waals surface area contributed by atoms with Crippen LogP contribution < -0.4 is 5.32 Å². The third-order valence-corrected chi connectivity index (χ3v) is 7.52. The maximum absolute atomic E-state index is 13.1. The number of carbonyl (C=O) groups is 1. The van der Waals surface area contributed by atoms with Crippen molar-refractivity contribution in [2.75, 3.05) is 5.32 Å². The van der Waals surface area contributed by atoms with Gasteiger partial charge in [0, 0.05) is 22.1 Å². The number of rotatable bonds is 8. The number of imidazole rings is 1. The summed E-state index contributed by atoms with van der Waals surface area (Å²) in [5.41, 5.74) is 5.80. The van der Waals surface area contributed by atoms with E-state index in [2.05, 4.69) is 27.4 Å². The standard InChI is InChI=1S/C28H24N4OS2/c1-2-23(26(33)32-27-29-22(18-34-27)19-12-6-3-7-13-19)35-28-30-24(20-14-8-4-9-15-20)25(31-28)21-16-10-5-11-17-21/h3-18,23H,2H2,1H3,(H,30,31)(H,29,32,33). The fraction of sp³-hybridized carbons (Fsp3) is 0.107. The second kappa shape index (κ2) is 10.7. The summed E-state index contributed by atoms with van der Waals surface area (Å²) in [7, 11) is 0. The lowest BCUT2D eigenvalue weighted by molar-refractivity contribution is -0.115. The SMILES string of the molecule is CCC(Sc1nc(-c2ccccc2)c(-c2ccccc2)[nH]1)C(=O)Nc1nc(-c2ccccc2)cs1. The number of nitrogens with one attached hydrogen (secondary N) is 2. The van der Waals surface area contributed by atoms with Crippen LogP contribution >= 0.6 is 23.1 Å². The van der Waals surface area contributed by atoms with E-state index in [1.807, 2.05) is 91.2 Å². The predicted octanol–water partition coefficient (Wildman–Crippen LogP) is 7.38. The average molecular weight is 497 g/mol. The van der Waals surface area contributed by atoms with Gasteiger partial charge < -0.3 is 10.3 Å². The first kappa shape index (κ1) is 23.1. The lowest BCUT2D eigenvalue weighted by Gasteiger charge is -2.11. The molecule has 5 aromatic rings. The quantitative estimate of drug-likeness (QED) is 0.220. The van der Waals surface area contributed by atoms with E-state index in [1.165, 1.54) is 23.1 Å². The van der Waals surface area contributed by atoms with E-state index in [0.717, 1.165) is 33.8 Å². The molecule has 1 atom stereocenters. The molecule has 0 saturated heterocycles. The molecule has 0 aliphatic carbocycles. The zero-order valence-corrected chi connectivity index (χ0v) is 20.8. The summed E-state index contributed by atoms with van der Waals surface area (Å²) in [5, 5.41) is 5.96. The van der Waals surface area contributed by atoms with Gasteiger partial charge in [0.05, 0.1) is 22.3 Å². The van der Waals surface area contributed by atoms with Gasteiger partial charge in [-0.25, -0.2) is 9.97 Å². The van der Waals surface area contributed by atoms with Crippen LogP contribution in [0.2, 0.25) is 0 Å². The van der Waals surface area contributed by atoms with Gasteiger partial charge in [0.25, 0.3) is 0 Å². The molecule has 1 unspecified atom stereocenters. The van der Waals surface area contributed by atoms with Crippen molar-refractivity contribution >= 4 is 34.1 Å². The van der Waals surface area contributed by atoms with Crippen LogP contribution in [0.5, 0.6) is 0 Å². The number of benzene rings is 3. The summed E-state index contributed by atoms with van der Waals surface area (Å²) >= 11 is 2.87. The normalized spacial score (nSPS) is 11.8. The Balaban J connectivity index is 1.36. The number of nitrogens with zero attached hydrogens (tertiary/aromatic N) is 2. The number of thiazole rings is 1. The molecule has 2 aromatic heterocycles. The molecule has 174 valence electrons. The van der Waals surface area contributed by atoms with Crippen LogP contribution in [0, 0.1) is 0 Å². The molecular weight excluding hydrogens is 472 g/mol. The Kier molecular flexibility index (Phi) is 7.07. The number of carbonyl (C=O) groups excluding carboxylic acids is 1. The number of anilines is 1. The molecule has 35 heavy (non-hydrogen) atoms. The fourth-order valence-electron chi connectivity index (χ4n) is 3.74. The van der Waals surface area contributed by atoms with Crippen molar-refractivity contribution in [3.8, 4) is 33.8 Å². The first-order valence-corrected chi connectivity index (χ1v) is 13.2. The van der Waals surface area contributed by atoms with Crippen LogP contribution in [-0.2, 0) is 4.79 Å². The van der Waals surface area contributed by atoms with E-state index in [9.17, 15) is 4.79 Å². The van der Waals surface area contributed by atoms with Gasteiger partial charge in [0.2, 0.25) is 5.91 Å². The van der Waals surface area contributed by atoms with E-state index < -0.39 is 0 Å². The van der Waals surface area contributed by atoms with Gasteiger partial charge in [-0.15, -0.1) is 11.3 Å². The highest BCUT2D eigenvalue weighted by Gasteiger charge is 2.23. The van der Waals surface area contributed by atoms with Gasteiger partial charge in [-0.05, 0) is 6.42 Å². The Hall–Kier alpha value is -3.68. The number of amides is 1. The van der Waals surface area contributed by atoms with Gasteiger partial charge in [0.15, 0.2) is 10.3 Å². The van der Waals surface area contributed by atoms with Crippen molar-refractivity contribution in [3.05, 3.63) is 96.4 Å². The van der Waals surface area contributed by atoms with Gasteiger partial charge in [-0.3, -0.25) is 4.79 Å². The molecule has 5 rings (SSSR count). The average Bonchev–Trinajstić information content (AvgIpc) is 3.56. The predicted molar refractivity (Wildman–Crippen MR) is 146 cm³/mol. The van der Waals surface area contributed by atoms with Crippen LogP contribution in [0.15, 0.2) is 102 Å². The number of H-pyrrole nitrogens is 1. The summed E-state index contributed by atoms with van der Waals surface area (Å²) in [4.78, 5) is 26.1. The van der Waals surface area contributed by atoms with Crippen molar-refractivity contribution in [1.29, 1.82) is 0 Å². The molecule has 2 heterocycles. The number of aromatic amines is 1. The van der Waals surface area contributed by atoms with E-state index >= 15 is 0 Å². The number of aromatic nitrogens is 3. The van der Waals surface area contributed by atoms with E-state index in [-0.39, 0.29) is 11.2 Å². The third-order valence-electron chi connectivity index (χ3n) is 5.51. The largest absolute Gasteiger partial charge is 0.332 e. The van der Waals surface area contributed by atoms with Crippen molar-refractivity contribution in [3.63, 3.8) is 0 Å². The van der Waals surface area contributed by atoms with Crippen LogP contribution in [0.1, 0.15) is 13.3 Å². The van der Waals surface area contributed by atoms with Crippen LogP contribution in [-0.4, -0.2) is 26.1 Å². The molecule has 0 bridgehead atoms. The molecule has 1 amide bonds. The van der Waals surface area contributed by atoms with Crippen molar-refractivity contribution in [2.45, 2.75) is 23.8 Å². The van der Waals surface area contributed by atoms with Crippen LogP contribution in [0.25, 0.3) is 33.8 Å². The minimum atomic E-state index is -0.308. The van der Waals surface area contributed by atoms with Crippen molar-refractivity contribution in [2.24, 2.45) is 0 Å². The first-order chi connectivity index (χ1) is 17.2. The highest BCUT2D eigenvalue weighted by atomic mass is 32.2. The minimum Gasteiger partial charge on any atom is -0.332 e. The maximum Gasteiger partial charge on any atom is 0.239 e. The Morgan fingerprint density at radius 2 is 1.49 bits per heavy atom. The summed E-state index contributed by atoms with van der Waals surface area (Å²) in [6.45, 7) is 2.01. The Morgan fingerprint density at radius 3 is 2.11 bits per heavy atom. The second-order valence-corrected chi connectivity index (χ2v) is 9.96. The van der Waals surface area contributed by atoms with E-state index in [1.54, 1.807) is 0 Å². The zero-order chi connectivity index (χ0) is 24.0. The summed E-state index contributed by atoms with van der Waals surface area (Å²) in [5.74, 6) is -0.0783. The van der Waals surface area contributed by atoms with Gasteiger partial charge in [-0.1, -0.05) is 110 Å². The highest BCUT2D eigenvalue weighted by molar-refractivity contribution is 8.00. The molecular formula is C28H24N4OS2. The van der Waals surface area contributed by atoms with Crippen molar-refractivity contribution in [1.82, 2.24) is 15.0 Å². The van der Waals surface area contributed by atoms with Crippen LogP contribution in [0.3, 0.4) is 0 Å². The lowest BCUT2D eigenvalue weighted by atomic mass is 10.1. The van der Waals surface area contributed by atoms with Crippen LogP contribution in [0.4, 0.5) is 5.13 Å². The number of hydrogen-bond donors (Lipinski definition) is 2. The zero-order valence-electron chi connectivity index (χ0n) is 19.1. The fourth-order valence-corrected chi connectivity index (χ4v) is 5.37. The van der Waals surface area contributed by atoms with E-state index in [0.29, 0.717) is 16.7 Å². The maximum atomic E-state index is 13.1. The summed E-state index contributed by atoms with van der Waals surface area (Å²) in [6, 6.07) is 30.2. The molecule has 0 fully saturated rings. The topological polar surface area (TPSA) is 70.7 Å². The molecule has 2 N–H and O–H groups in total. The molecule has 7 heteroatoms. The number of hydrogen-bond acceptors (Lipinski definition) is 5. The molecule has 0 spiro atoms. The molecule has 0 aliphatic rings. The monoisotopic (exact) mass is 496 g/mol. The Labute approximate surface area is 212 Å². The smallest absolute Gasteiger partial charge is 0.239 e. The molecule has 5 nitrogen and oxygen atoms in total. The van der Waals surface area contributed by atoms with Gasteiger partial charge >= 0.3 is 0 Å². The second-order valence-electron chi connectivity index (χ2n) is 7.91. The minimum absolute atomic E-state index is 0.0783. The molecule has 0 radical (unpaired) electrons. The lowest BCUT2D eigenvalue weighted by Crippen LogP contribution is -2.24. The van der Waals surface area contributed by atoms with Crippen molar-refractivity contribution < 1.29 is 4.79 Å². The Bertz CT molecular complexity index is 1340. The highest BCUT2D eigenvalue weighted by Crippen LogP contribution is 2.35. The summed E-state index contributed by atoms with van der Waals surface area (Å²) < 4.78 is 0. The summed E-state index contributed by atoms with van der Waals surface area (Å²) in [6.07, 6.45) is 0.662. The molecule has 0 aliphatic heterocycles. The van der Waals surface area contributed by atoms with Gasteiger partial charge in [-0.2, -0.15) is 0 Å². The molecule has 3 aromatic carbocycles. The third kappa shape index (κ3) is 5.37. The molecule has 0 saturated carbocycles. The van der Waals surface area contributed by atoms with E-state index in [4.69, 9.17) is 4.98 Å². The first-order valence-electron chi connectivity index (χ1n) is 11.4.